The molecule has 2 saturated heterocycles. The number of hydrogen-bond acceptors (Lipinski definition) is 4. The van der Waals surface area contributed by atoms with Crippen molar-refractivity contribution in [1.82, 2.24) is 19.9 Å². The predicted octanol–water partition coefficient (Wildman–Crippen LogP) is 7.26. The fourth-order valence-corrected chi connectivity index (χ4v) is 7.39. The average molecular weight is 585 g/mol. The van der Waals surface area contributed by atoms with Crippen LogP contribution in [0.2, 0.25) is 5.02 Å². The zero-order valence-electron chi connectivity index (χ0n) is 24.1. The van der Waals surface area contributed by atoms with Gasteiger partial charge < -0.3 is 19.7 Å². The highest BCUT2D eigenvalue weighted by Gasteiger charge is 2.42. The maximum Gasteiger partial charge on any atom is 0.174 e. The van der Waals surface area contributed by atoms with Gasteiger partial charge in [0.1, 0.15) is 0 Å². The lowest BCUT2D eigenvalue weighted by atomic mass is 9.91. The molecular weight excluding hydrogens is 548 g/mol. The predicted molar refractivity (Wildman–Crippen MR) is 172 cm³/mol. The summed E-state index contributed by atoms with van der Waals surface area (Å²) in [6.07, 6.45) is 6.80. The summed E-state index contributed by atoms with van der Waals surface area (Å²) >= 11 is 13.0. The van der Waals surface area contributed by atoms with Gasteiger partial charge in [0.2, 0.25) is 0 Å². The first kappa shape index (κ1) is 27.7. The van der Waals surface area contributed by atoms with Crippen molar-refractivity contribution in [2.45, 2.75) is 52.7 Å². The third-order valence-electron chi connectivity index (χ3n) is 8.54. The first-order valence-electron chi connectivity index (χ1n) is 14.4. The lowest BCUT2D eigenvalue weighted by molar-refractivity contribution is 0.357. The van der Waals surface area contributed by atoms with Gasteiger partial charge in [-0.2, -0.15) is 0 Å². The minimum Gasteiger partial charge on any atom is -0.370 e. The molecule has 6 rings (SSSR count). The summed E-state index contributed by atoms with van der Waals surface area (Å²) in [6, 6.07) is 18.7. The third kappa shape index (κ3) is 5.45. The fourth-order valence-electron chi connectivity index (χ4n) is 6.75. The first-order chi connectivity index (χ1) is 19.8. The van der Waals surface area contributed by atoms with Gasteiger partial charge in [0, 0.05) is 55.3 Å². The Morgan fingerprint density at radius 3 is 2.41 bits per heavy atom. The van der Waals surface area contributed by atoms with Crippen molar-refractivity contribution >= 4 is 40.3 Å². The number of benzene rings is 1. The second-order valence-corrected chi connectivity index (χ2v) is 12.5. The first-order valence-corrected chi connectivity index (χ1v) is 15.2. The maximum absolute atomic E-state index is 7.03. The summed E-state index contributed by atoms with van der Waals surface area (Å²) in [5.41, 5.74) is 7.89. The van der Waals surface area contributed by atoms with E-state index in [2.05, 4.69) is 94.8 Å². The van der Waals surface area contributed by atoms with E-state index in [4.69, 9.17) is 28.8 Å². The molecule has 0 aliphatic carbocycles. The second kappa shape index (κ2) is 11.5. The molecule has 0 spiro atoms. The van der Waals surface area contributed by atoms with Crippen LogP contribution in [-0.4, -0.2) is 32.7 Å². The van der Waals surface area contributed by atoms with E-state index < -0.39 is 0 Å². The average Bonchev–Trinajstić information content (AvgIpc) is 3.44. The fraction of sp³-hybridized carbons (Fsp3) is 0.364. The lowest BCUT2D eigenvalue weighted by Gasteiger charge is -2.37. The smallest absolute Gasteiger partial charge is 0.174 e. The van der Waals surface area contributed by atoms with Crippen molar-refractivity contribution in [3.05, 3.63) is 106 Å². The van der Waals surface area contributed by atoms with Gasteiger partial charge in [-0.25, -0.2) is 0 Å². The van der Waals surface area contributed by atoms with Crippen LogP contribution in [0.5, 0.6) is 0 Å². The molecule has 3 aromatic heterocycles. The highest BCUT2D eigenvalue weighted by Crippen LogP contribution is 2.45. The molecule has 8 heteroatoms. The molecule has 2 aliphatic heterocycles. The van der Waals surface area contributed by atoms with E-state index in [0.29, 0.717) is 16.9 Å². The van der Waals surface area contributed by atoms with Gasteiger partial charge in [-0.05, 0) is 104 Å². The Kier molecular flexibility index (Phi) is 7.75. The Hall–Kier alpha value is -3.42. The molecule has 0 bridgehead atoms. The van der Waals surface area contributed by atoms with Gasteiger partial charge in [-0.3, -0.25) is 9.97 Å². The summed E-state index contributed by atoms with van der Waals surface area (Å²) in [4.78, 5) is 13.6. The molecule has 212 valence electrons. The largest absolute Gasteiger partial charge is 0.370 e. The van der Waals surface area contributed by atoms with E-state index in [1.165, 1.54) is 28.9 Å². The van der Waals surface area contributed by atoms with Gasteiger partial charge in [-0.1, -0.05) is 31.5 Å². The zero-order valence-corrected chi connectivity index (χ0v) is 25.7. The van der Waals surface area contributed by atoms with Gasteiger partial charge in [0.15, 0.2) is 5.11 Å². The third-order valence-corrected chi connectivity index (χ3v) is 9.16. The Bertz CT molecular complexity index is 1530. The molecule has 6 nitrogen and oxygen atoms in total. The normalized spacial score (nSPS) is 22.7. The van der Waals surface area contributed by atoms with E-state index >= 15 is 0 Å². The van der Waals surface area contributed by atoms with E-state index in [1.807, 2.05) is 30.7 Å². The highest BCUT2D eigenvalue weighted by atomic mass is 35.5. The van der Waals surface area contributed by atoms with Crippen LogP contribution >= 0.6 is 23.8 Å². The van der Waals surface area contributed by atoms with E-state index in [1.54, 1.807) is 0 Å². The SMILES string of the molecule is Cc1cc([C@H]2[C@H](c3ccccn3)NC(=S)N2c2ccc(N3C[C@H](C)C[C@H](C)C3)c(Cl)c2)c(C)n1Cc1ccncc1. The molecule has 0 unspecified atom stereocenters. The van der Waals surface area contributed by atoms with Crippen LogP contribution in [0.4, 0.5) is 11.4 Å². The van der Waals surface area contributed by atoms with Crippen molar-refractivity contribution in [3.8, 4) is 0 Å². The minimum absolute atomic E-state index is 0.0910. The van der Waals surface area contributed by atoms with Gasteiger partial charge in [0.25, 0.3) is 0 Å². The molecule has 1 N–H and O–H groups in total. The standard InChI is InChI=1S/C33H37ClN6S/c1-21-15-22(2)19-38(18-21)30-9-8-26(17-28(30)34)40-32(31(37-33(40)41)29-7-5-6-12-36-29)27-16-23(3)39(24(27)4)20-25-10-13-35-14-11-25/h5-14,16-17,21-22,31-32H,15,18-20H2,1-4H3,(H,37,41)/t21-,22+,31-,32-/m0/s1. The van der Waals surface area contributed by atoms with Crippen molar-refractivity contribution < 1.29 is 0 Å². The molecule has 4 atom stereocenters. The topological polar surface area (TPSA) is 49.2 Å². The Labute approximate surface area is 253 Å². The summed E-state index contributed by atoms with van der Waals surface area (Å²) in [7, 11) is 0. The van der Waals surface area contributed by atoms with Crippen LogP contribution in [0.15, 0.2) is 73.2 Å². The van der Waals surface area contributed by atoms with E-state index in [9.17, 15) is 0 Å². The summed E-state index contributed by atoms with van der Waals surface area (Å²) < 4.78 is 2.37. The van der Waals surface area contributed by atoms with Crippen LogP contribution in [0, 0.1) is 25.7 Å². The second-order valence-electron chi connectivity index (χ2n) is 11.8. The van der Waals surface area contributed by atoms with Crippen molar-refractivity contribution in [3.63, 3.8) is 0 Å². The summed E-state index contributed by atoms with van der Waals surface area (Å²) in [5, 5.41) is 5.04. The molecule has 2 aliphatic rings. The summed E-state index contributed by atoms with van der Waals surface area (Å²) in [5.74, 6) is 1.30. The number of rotatable bonds is 6. The quantitative estimate of drug-likeness (QED) is 0.241. The number of aromatic nitrogens is 3. The highest BCUT2D eigenvalue weighted by molar-refractivity contribution is 7.80. The van der Waals surface area contributed by atoms with Gasteiger partial charge in [-0.15, -0.1) is 0 Å². The van der Waals surface area contributed by atoms with Gasteiger partial charge in [0.05, 0.1) is 28.5 Å². The van der Waals surface area contributed by atoms with Crippen LogP contribution in [0.1, 0.15) is 60.6 Å². The van der Waals surface area contributed by atoms with Crippen molar-refractivity contribution in [2.24, 2.45) is 11.8 Å². The number of aryl methyl sites for hydroxylation is 1. The molecule has 2 fully saturated rings. The lowest BCUT2D eigenvalue weighted by Crippen LogP contribution is -2.38. The molecule has 1 aromatic carbocycles. The van der Waals surface area contributed by atoms with E-state index in [-0.39, 0.29) is 12.1 Å². The van der Waals surface area contributed by atoms with Crippen LogP contribution < -0.4 is 15.1 Å². The molecule has 4 aromatic rings. The maximum atomic E-state index is 7.03. The number of thiocarbonyl (C=S) groups is 1. The Balaban J connectivity index is 1.40. The number of anilines is 2. The number of hydrogen-bond donors (Lipinski definition) is 1. The number of halogens is 1. The number of pyridine rings is 2. The zero-order chi connectivity index (χ0) is 28.7. The molecule has 5 heterocycles. The number of nitrogens with one attached hydrogen (secondary N) is 1. The Morgan fingerprint density at radius 2 is 1.73 bits per heavy atom. The molecule has 0 amide bonds. The van der Waals surface area contributed by atoms with E-state index in [0.717, 1.165) is 41.7 Å². The molecule has 41 heavy (non-hydrogen) atoms. The monoisotopic (exact) mass is 584 g/mol. The molecule has 0 radical (unpaired) electrons. The minimum atomic E-state index is -0.110. The number of piperidine rings is 1. The molecule has 0 saturated carbocycles. The van der Waals surface area contributed by atoms with Gasteiger partial charge >= 0.3 is 0 Å². The van der Waals surface area contributed by atoms with Crippen LogP contribution in [0.25, 0.3) is 0 Å². The number of nitrogens with zero attached hydrogens (tertiary/aromatic N) is 5. The van der Waals surface area contributed by atoms with Crippen molar-refractivity contribution in [2.75, 3.05) is 22.9 Å². The Morgan fingerprint density at radius 1 is 0.976 bits per heavy atom. The van der Waals surface area contributed by atoms with Crippen molar-refractivity contribution in [1.29, 1.82) is 0 Å². The van der Waals surface area contributed by atoms with Crippen LogP contribution in [0.3, 0.4) is 0 Å². The molecular formula is C33H37ClN6S. The summed E-state index contributed by atoms with van der Waals surface area (Å²) in [6.45, 7) is 11.9. The van der Waals surface area contributed by atoms with Crippen LogP contribution in [-0.2, 0) is 6.54 Å².